The van der Waals surface area contributed by atoms with Gasteiger partial charge in [-0.1, -0.05) is 18.2 Å². The molecule has 2 heterocycles. The van der Waals surface area contributed by atoms with Crippen molar-refractivity contribution in [3.63, 3.8) is 0 Å². The quantitative estimate of drug-likeness (QED) is 0.576. The third-order valence-corrected chi connectivity index (χ3v) is 3.41. The van der Waals surface area contributed by atoms with Crippen molar-refractivity contribution in [2.24, 2.45) is 5.10 Å². The van der Waals surface area contributed by atoms with Crippen LogP contribution in [0.4, 0.5) is 0 Å². The number of fused-ring (bicyclic) bond motifs is 1. The van der Waals surface area contributed by atoms with Gasteiger partial charge in [0.15, 0.2) is 0 Å². The number of pyridine rings is 1. The minimum atomic E-state index is -0.336. The van der Waals surface area contributed by atoms with Gasteiger partial charge in [0, 0.05) is 6.20 Å². The summed E-state index contributed by atoms with van der Waals surface area (Å²) in [7, 11) is 0. The van der Waals surface area contributed by atoms with Gasteiger partial charge in [0.25, 0.3) is 5.91 Å². The van der Waals surface area contributed by atoms with Crippen LogP contribution >= 0.6 is 0 Å². The molecule has 2 aromatic heterocycles. The zero-order valence-corrected chi connectivity index (χ0v) is 12.8. The summed E-state index contributed by atoms with van der Waals surface area (Å²) in [6.45, 7) is 3.74. The molecule has 0 spiro atoms. The Kier molecular flexibility index (Phi) is 3.80. The van der Waals surface area contributed by atoms with Gasteiger partial charge < -0.3 is 5.11 Å². The molecule has 0 atom stereocenters. The minimum Gasteiger partial charge on any atom is -0.508 e. The Hall–Kier alpha value is -3.15. The number of amides is 1. The number of nitrogens with zero attached hydrogens (tertiary/aromatic N) is 3. The number of imidazole rings is 1. The van der Waals surface area contributed by atoms with Crippen LogP contribution in [0.3, 0.4) is 0 Å². The van der Waals surface area contributed by atoms with Crippen LogP contribution in [0.25, 0.3) is 5.65 Å². The molecule has 0 aliphatic carbocycles. The highest BCUT2D eigenvalue weighted by Gasteiger charge is 2.15. The van der Waals surface area contributed by atoms with Gasteiger partial charge in [-0.15, -0.1) is 0 Å². The standard InChI is InChI=1S/C17H16N4O2/c1-11-6-7-15-19-12(2)16(21(15)10-11)17(23)20-18-9-13-4-3-5-14(22)8-13/h3-10,22H,1-2H3,(H,20,23)/b18-9+. The highest BCUT2D eigenvalue weighted by Crippen LogP contribution is 2.13. The summed E-state index contributed by atoms with van der Waals surface area (Å²) >= 11 is 0. The zero-order chi connectivity index (χ0) is 16.4. The van der Waals surface area contributed by atoms with Gasteiger partial charge >= 0.3 is 0 Å². The van der Waals surface area contributed by atoms with Crippen molar-refractivity contribution in [1.82, 2.24) is 14.8 Å². The summed E-state index contributed by atoms with van der Waals surface area (Å²) in [5.41, 5.74) is 6.03. The van der Waals surface area contributed by atoms with E-state index in [9.17, 15) is 9.90 Å². The molecule has 116 valence electrons. The van der Waals surface area contributed by atoms with Crippen molar-refractivity contribution < 1.29 is 9.90 Å². The predicted octanol–water partition coefficient (Wildman–Crippen LogP) is 2.42. The maximum Gasteiger partial charge on any atom is 0.290 e. The molecule has 1 aromatic carbocycles. The third kappa shape index (κ3) is 3.06. The number of rotatable bonds is 3. The van der Waals surface area contributed by atoms with E-state index in [-0.39, 0.29) is 11.7 Å². The van der Waals surface area contributed by atoms with Crippen molar-refractivity contribution in [3.05, 3.63) is 65.1 Å². The Labute approximate surface area is 133 Å². The molecule has 3 aromatic rings. The molecule has 0 saturated carbocycles. The van der Waals surface area contributed by atoms with E-state index in [1.165, 1.54) is 6.21 Å². The molecule has 0 radical (unpaired) electrons. The van der Waals surface area contributed by atoms with E-state index in [4.69, 9.17) is 0 Å². The molecule has 1 amide bonds. The first-order valence-electron chi connectivity index (χ1n) is 7.12. The Balaban J connectivity index is 1.84. The normalized spacial score (nSPS) is 11.2. The number of aromatic nitrogens is 2. The van der Waals surface area contributed by atoms with E-state index in [0.717, 1.165) is 11.2 Å². The average Bonchev–Trinajstić information content (AvgIpc) is 2.82. The molecular formula is C17H16N4O2. The Bertz CT molecular complexity index is 912. The first-order valence-corrected chi connectivity index (χ1v) is 7.12. The number of carbonyl (C=O) groups is 1. The summed E-state index contributed by atoms with van der Waals surface area (Å²) in [4.78, 5) is 16.7. The van der Waals surface area contributed by atoms with Gasteiger partial charge in [0.05, 0.1) is 11.9 Å². The van der Waals surface area contributed by atoms with Crippen molar-refractivity contribution in [2.45, 2.75) is 13.8 Å². The fourth-order valence-corrected chi connectivity index (χ4v) is 2.37. The van der Waals surface area contributed by atoms with Crippen molar-refractivity contribution in [2.75, 3.05) is 0 Å². The first kappa shape index (κ1) is 14.8. The van der Waals surface area contributed by atoms with Crippen LogP contribution in [0.2, 0.25) is 0 Å². The number of aromatic hydroxyl groups is 1. The van der Waals surface area contributed by atoms with E-state index < -0.39 is 0 Å². The van der Waals surface area contributed by atoms with Gasteiger partial charge in [0.2, 0.25) is 0 Å². The van der Waals surface area contributed by atoms with E-state index in [0.29, 0.717) is 17.0 Å². The van der Waals surface area contributed by atoms with Gasteiger partial charge in [0.1, 0.15) is 17.1 Å². The number of hydrogen-bond donors (Lipinski definition) is 2. The summed E-state index contributed by atoms with van der Waals surface area (Å²) in [5, 5.41) is 13.3. The monoisotopic (exact) mass is 308 g/mol. The summed E-state index contributed by atoms with van der Waals surface area (Å²) in [6.07, 6.45) is 3.34. The molecule has 0 bridgehead atoms. The number of benzene rings is 1. The lowest BCUT2D eigenvalue weighted by molar-refractivity contribution is 0.0948. The number of phenolic OH excluding ortho intramolecular Hbond substituents is 1. The Morgan fingerprint density at radius 1 is 1.30 bits per heavy atom. The average molecular weight is 308 g/mol. The number of carbonyl (C=O) groups excluding carboxylic acids is 1. The topological polar surface area (TPSA) is 79.0 Å². The van der Waals surface area contributed by atoms with Crippen LogP contribution in [0, 0.1) is 13.8 Å². The molecule has 23 heavy (non-hydrogen) atoms. The number of hydrazone groups is 1. The van der Waals surface area contributed by atoms with Crippen LogP contribution < -0.4 is 5.43 Å². The molecule has 6 nitrogen and oxygen atoms in total. The van der Waals surface area contributed by atoms with Crippen LogP contribution in [0.15, 0.2) is 47.7 Å². The van der Waals surface area contributed by atoms with Crippen LogP contribution in [0.1, 0.15) is 27.3 Å². The first-order chi connectivity index (χ1) is 11.0. The molecule has 0 unspecified atom stereocenters. The number of hydrogen-bond acceptors (Lipinski definition) is 4. The number of aryl methyl sites for hydroxylation is 2. The molecule has 0 saturated heterocycles. The zero-order valence-electron chi connectivity index (χ0n) is 12.8. The molecule has 6 heteroatoms. The van der Waals surface area contributed by atoms with Crippen molar-refractivity contribution >= 4 is 17.8 Å². The van der Waals surface area contributed by atoms with E-state index in [1.54, 1.807) is 35.6 Å². The molecule has 0 fully saturated rings. The lowest BCUT2D eigenvalue weighted by atomic mass is 10.2. The lowest BCUT2D eigenvalue weighted by Gasteiger charge is -2.02. The molecule has 3 rings (SSSR count). The smallest absolute Gasteiger partial charge is 0.290 e. The minimum absolute atomic E-state index is 0.147. The van der Waals surface area contributed by atoms with E-state index in [1.807, 2.05) is 25.3 Å². The second-order valence-electron chi connectivity index (χ2n) is 5.27. The SMILES string of the molecule is Cc1ccc2nc(C)c(C(=O)N/N=C/c3cccc(O)c3)n2c1. The van der Waals surface area contributed by atoms with Gasteiger partial charge in [-0.3, -0.25) is 9.20 Å². The second kappa shape index (κ2) is 5.92. The fraction of sp³-hybridized carbons (Fsp3) is 0.118. The molecule has 0 aliphatic heterocycles. The summed E-state index contributed by atoms with van der Waals surface area (Å²) in [5.74, 6) is -0.189. The third-order valence-electron chi connectivity index (χ3n) is 3.41. The summed E-state index contributed by atoms with van der Waals surface area (Å²) < 4.78 is 1.75. The van der Waals surface area contributed by atoms with Gasteiger partial charge in [-0.25, -0.2) is 10.4 Å². The number of phenols is 1. The van der Waals surface area contributed by atoms with E-state index >= 15 is 0 Å². The van der Waals surface area contributed by atoms with E-state index in [2.05, 4.69) is 15.5 Å². The second-order valence-corrected chi connectivity index (χ2v) is 5.27. The lowest BCUT2D eigenvalue weighted by Crippen LogP contribution is -2.20. The largest absolute Gasteiger partial charge is 0.508 e. The highest BCUT2D eigenvalue weighted by molar-refractivity contribution is 5.95. The van der Waals surface area contributed by atoms with Crippen LogP contribution in [-0.4, -0.2) is 26.6 Å². The van der Waals surface area contributed by atoms with Crippen molar-refractivity contribution in [1.29, 1.82) is 0 Å². The Morgan fingerprint density at radius 2 is 2.13 bits per heavy atom. The van der Waals surface area contributed by atoms with Crippen LogP contribution in [0.5, 0.6) is 5.75 Å². The van der Waals surface area contributed by atoms with Gasteiger partial charge in [-0.05, 0) is 43.2 Å². The molecule has 0 aliphatic rings. The Morgan fingerprint density at radius 3 is 2.91 bits per heavy atom. The van der Waals surface area contributed by atoms with Gasteiger partial charge in [-0.2, -0.15) is 5.10 Å². The maximum absolute atomic E-state index is 12.4. The van der Waals surface area contributed by atoms with Crippen LogP contribution in [-0.2, 0) is 0 Å². The summed E-state index contributed by atoms with van der Waals surface area (Å²) in [6, 6.07) is 10.4. The maximum atomic E-state index is 12.4. The molecular weight excluding hydrogens is 292 g/mol. The fourth-order valence-electron chi connectivity index (χ4n) is 2.37. The van der Waals surface area contributed by atoms with Crippen molar-refractivity contribution in [3.8, 4) is 5.75 Å². The predicted molar refractivity (Wildman–Crippen MR) is 87.8 cm³/mol. The molecule has 2 N–H and O–H groups in total. The number of nitrogens with one attached hydrogen (secondary N) is 1. The highest BCUT2D eigenvalue weighted by atomic mass is 16.3.